The van der Waals surface area contributed by atoms with E-state index in [2.05, 4.69) is 12.3 Å². The average Bonchev–Trinajstić information content (AvgIpc) is 2.47. The summed E-state index contributed by atoms with van der Waals surface area (Å²) in [4.78, 5) is 0. The van der Waals surface area contributed by atoms with Crippen molar-refractivity contribution in [1.29, 1.82) is 0 Å². The largest absolute Gasteiger partial charge is 0.373 e. The Morgan fingerprint density at radius 2 is 2.14 bits per heavy atom. The Balaban J connectivity index is 2.38. The third-order valence-electron chi connectivity index (χ3n) is 4.51. The Morgan fingerprint density at radius 1 is 1.48 bits per heavy atom. The van der Waals surface area contributed by atoms with Crippen molar-refractivity contribution < 1.29 is 9.13 Å². The third-order valence-corrected chi connectivity index (χ3v) is 4.86. The van der Waals surface area contributed by atoms with E-state index in [1.165, 1.54) is 12.1 Å². The van der Waals surface area contributed by atoms with Crippen molar-refractivity contribution >= 4 is 11.6 Å². The van der Waals surface area contributed by atoms with E-state index in [0.29, 0.717) is 23.1 Å². The zero-order chi connectivity index (χ0) is 15.5. The molecule has 21 heavy (non-hydrogen) atoms. The van der Waals surface area contributed by atoms with Gasteiger partial charge in [-0.3, -0.25) is 11.3 Å². The van der Waals surface area contributed by atoms with Gasteiger partial charge in [0.25, 0.3) is 0 Å². The van der Waals surface area contributed by atoms with Gasteiger partial charge in [0.1, 0.15) is 5.82 Å². The minimum absolute atomic E-state index is 0.312. The van der Waals surface area contributed by atoms with Crippen LogP contribution in [0.4, 0.5) is 4.39 Å². The monoisotopic (exact) mass is 314 g/mol. The Kier molecular flexibility index (Phi) is 5.60. The van der Waals surface area contributed by atoms with Crippen LogP contribution in [-0.4, -0.2) is 12.2 Å². The predicted molar refractivity (Wildman–Crippen MR) is 83.5 cm³/mol. The zero-order valence-electron chi connectivity index (χ0n) is 12.7. The predicted octanol–water partition coefficient (Wildman–Crippen LogP) is 3.97. The van der Waals surface area contributed by atoms with Crippen molar-refractivity contribution in [3.8, 4) is 0 Å². The summed E-state index contributed by atoms with van der Waals surface area (Å²) in [5.74, 6) is 6.16. The number of rotatable bonds is 5. The molecule has 1 aromatic carbocycles. The second-order valence-corrected chi connectivity index (χ2v) is 6.35. The van der Waals surface area contributed by atoms with E-state index >= 15 is 0 Å². The van der Waals surface area contributed by atoms with E-state index in [-0.39, 0.29) is 11.9 Å². The van der Waals surface area contributed by atoms with E-state index in [0.717, 1.165) is 25.7 Å². The standard InChI is InChI=1S/C16H24ClFN2O/c1-3-21-16(8-6-11(2)7-9-16)15(20-19)13-10-12(18)4-5-14(13)17/h4-5,10-11,15,20H,3,6-9,19H2,1-2H3. The van der Waals surface area contributed by atoms with E-state index in [4.69, 9.17) is 22.2 Å². The highest BCUT2D eigenvalue weighted by atomic mass is 35.5. The van der Waals surface area contributed by atoms with Gasteiger partial charge >= 0.3 is 0 Å². The first kappa shape index (κ1) is 16.7. The molecule has 1 aliphatic carbocycles. The van der Waals surface area contributed by atoms with Crippen LogP contribution in [0.3, 0.4) is 0 Å². The molecule has 118 valence electrons. The highest BCUT2D eigenvalue weighted by molar-refractivity contribution is 6.31. The molecule has 1 aromatic rings. The van der Waals surface area contributed by atoms with E-state index in [9.17, 15) is 4.39 Å². The number of nitrogens with two attached hydrogens (primary N) is 1. The van der Waals surface area contributed by atoms with E-state index in [1.54, 1.807) is 6.07 Å². The van der Waals surface area contributed by atoms with Crippen molar-refractivity contribution in [2.24, 2.45) is 11.8 Å². The molecular weight excluding hydrogens is 291 g/mol. The van der Waals surface area contributed by atoms with Gasteiger partial charge in [0.2, 0.25) is 0 Å². The lowest BCUT2D eigenvalue weighted by Crippen LogP contribution is -2.50. The number of ether oxygens (including phenoxy) is 1. The maximum Gasteiger partial charge on any atom is 0.123 e. The molecule has 1 atom stereocenters. The van der Waals surface area contributed by atoms with Crippen LogP contribution in [0.1, 0.15) is 51.1 Å². The lowest BCUT2D eigenvalue weighted by Gasteiger charge is -2.44. The van der Waals surface area contributed by atoms with Gasteiger partial charge in [-0.05, 0) is 62.3 Å². The van der Waals surface area contributed by atoms with Gasteiger partial charge in [-0.15, -0.1) is 0 Å². The zero-order valence-corrected chi connectivity index (χ0v) is 13.4. The molecule has 3 nitrogen and oxygen atoms in total. The number of halogens is 2. The molecule has 2 rings (SSSR count). The number of nitrogens with one attached hydrogen (secondary N) is 1. The number of hydrogen-bond donors (Lipinski definition) is 2. The quantitative estimate of drug-likeness (QED) is 0.638. The topological polar surface area (TPSA) is 47.3 Å². The molecule has 1 fully saturated rings. The minimum atomic E-state index is -0.423. The molecule has 1 unspecified atom stereocenters. The molecule has 0 heterocycles. The highest BCUT2D eigenvalue weighted by Crippen LogP contribution is 2.44. The number of hydrazine groups is 1. The number of hydrogen-bond acceptors (Lipinski definition) is 3. The maximum atomic E-state index is 13.6. The van der Waals surface area contributed by atoms with Crippen LogP contribution in [0, 0.1) is 11.7 Å². The number of benzene rings is 1. The van der Waals surface area contributed by atoms with Crippen LogP contribution in [0.5, 0.6) is 0 Å². The molecule has 0 bridgehead atoms. The van der Waals surface area contributed by atoms with Crippen molar-refractivity contribution in [3.05, 3.63) is 34.6 Å². The van der Waals surface area contributed by atoms with Gasteiger partial charge in [0.05, 0.1) is 11.6 Å². The van der Waals surface area contributed by atoms with Crippen molar-refractivity contribution in [3.63, 3.8) is 0 Å². The van der Waals surface area contributed by atoms with Crippen molar-refractivity contribution in [2.45, 2.75) is 51.2 Å². The first-order chi connectivity index (χ1) is 10.0. The van der Waals surface area contributed by atoms with Crippen LogP contribution >= 0.6 is 11.6 Å². The molecule has 0 saturated heterocycles. The van der Waals surface area contributed by atoms with Crippen molar-refractivity contribution in [1.82, 2.24) is 5.43 Å². The van der Waals surface area contributed by atoms with Gasteiger partial charge in [-0.2, -0.15) is 0 Å². The summed E-state index contributed by atoms with van der Waals surface area (Å²) in [6, 6.07) is 4.07. The third kappa shape index (κ3) is 3.57. The summed E-state index contributed by atoms with van der Waals surface area (Å²) < 4.78 is 19.7. The van der Waals surface area contributed by atoms with Crippen molar-refractivity contribution in [2.75, 3.05) is 6.61 Å². The maximum absolute atomic E-state index is 13.6. The van der Waals surface area contributed by atoms with Gasteiger partial charge in [-0.25, -0.2) is 4.39 Å². The fraction of sp³-hybridized carbons (Fsp3) is 0.625. The molecule has 0 aromatic heterocycles. The smallest absolute Gasteiger partial charge is 0.123 e. The Hall–Kier alpha value is -0.680. The summed E-state index contributed by atoms with van der Waals surface area (Å²) in [6.45, 7) is 4.82. The molecule has 3 N–H and O–H groups in total. The SMILES string of the molecule is CCOC1(C(NN)c2cc(F)ccc2Cl)CCC(C)CC1. The minimum Gasteiger partial charge on any atom is -0.373 e. The summed E-state index contributed by atoms with van der Waals surface area (Å²) in [6.07, 6.45) is 3.93. The molecule has 0 aliphatic heterocycles. The summed E-state index contributed by atoms with van der Waals surface area (Å²) in [5, 5.41) is 0.511. The highest BCUT2D eigenvalue weighted by Gasteiger charge is 2.43. The summed E-state index contributed by atoms with van der Waals surface area (Å²) in [5.41, 5.74) is 3.07. The summed E-state index contributed by atoms with van der Waals surface area (Å²) >= 11 is 6.26. The Morgan fingerprint density at radius 3 is 2.71 bits per heavy atom. The fourth-order valence-corrected chi connectivity index (χ4v) is 3.54. The molecule has 0 amide bonds. The molecule has 0 spiro atoms. The Labute approximate surface area is 131 Å². The lowest BCUT2D eigenvalue weighted by molar-refractivity contribution is -0.0977. The molecule has 1 aliphatic rings. The molecule has 5 heteroatoms. The van der Waals surface area contributed by atoms with Gasteiger partial charge in [0, 0.05) is 11.6 Å². The molecule has 1 saturated carbocycles. The molecular formula is C16H24ClFN2O. The first-order valence-corrected chi connectivity index (χ1v) is 7.95. The first-order valence-electron chi connectivity index (χ1n) is 7.57. The second kappa shape index (κ2) is 7.05. The van der Waals surface area contributed by atoms with Gasteiger partial charge in [-0.1, -0.05) is 18.5 Å². The van der Waals surface area contributed by atoms with E-state index < -0.39 is 5.60 Å². The normalized spacial score (nSPS) is 27.6. The van der Waals surface area contributed by atoms with Crippen LogP contribution in [0.15, 0.2) is 18.2 Å². The second-order valence-electron chi connectivity index (χ2n) is 5.95. The lowest BCUT2D eigenvalue weighted by atomic mass is 9.73. The average molecular weight is 315 g/mol. The molecule has 0 radical (unpaired) electrons. The van der Waals surface area contributed by atoms with Crippen LogP contribution < -0.4 is 11.3 Å². The van der Waals surface area contributed by atoms with E-state index in [1.807, 2.05) is 6.92 Å². The summed E-state index contributed by atoms with van der Waals surface area (Å²) in [7, 11) is 0. The van der Waals surface area contributed by atoms with Gasteiger partial charge < -0.3 is 4.74 Å². The van der Waals surface area contributed by atoms with Crippen LogP contribution in [0.25, 0.3) is 0 Å². The van der Waals surface area contributed by atoms with Crippen LogP contribution in [-0.2, 0) is 4.74 Å². The van der Waals surface area contributed by atoms with Gasteiger partial charge in [0.15, 0.2) is 0 Å². The fourth-order valence-electron chi connectivity index (χ4n) is 3.32. The van der Waals surface area contributed by atoms with Crippen LogP contribution in [0.2, 0.25) is 5.02 Å². The Bertz CT molecular complexity index is 475.